The monoisotopic (exact) mass is 455 g/mol. The van der Waals surface area contributed by atoms with E-state index >= 15 is 0 Å². The maximum atomic E-state index is 13.9. The van der Waals surface area contributed by atoms with Gasteiger partial charge in [-0.25, -0.2) is 4.39 Å². The van der Waals surface area contributed by atoms with Gasteiger partial charge in [0.25, 0.3) is 11.5 Å². The number of benzene rings is 2. The van der Waals surface area contributed by atoms with E-state index in [1.165, 1.54) is 41.2 Å². The Hall–Kier alpha value is -4.53. The van der Waals surface area contributed by atoms with Crippen LogP contribution in [0.2, 0.25) is 0 Å². The van der Waals surface area contributed by atoms with Crippen LogP contribution < -0.4 is 11.3 Å². The molecule has 0 aliphatic heterocycles. The van der Waals surface area contributed by atoms with Crippen molar-refractivity contribution in [1.29, 1.82) is 0 Å². The van der Waals surface area contributed by atoms with E-state index < -0.39 is 23.2 Å². The lowest BCUT2D eigenvalue weighted by molar-refractivity contribution is 0.0944. The van der Waals surface area contributed by atoms with Crippen molar-refractivity contribution >= 4 is 11.7 Å². The fourth-order valence-electron chi connectivity index (χ4n) is 4.54. The number of hydrogen-bond acceptors (Lipinski definition) is 6. The van der Waals surface area contributed by atoms with E-state index in [1.54, 1.807) is 30.3 Å². The first-order valence-corrected chi connectivity index (χ1v) is 10.6. The van der Waals surface area contributed by atoms with Crippen molar-refractivity contribution in [1.82, 2.24) is 20.0 Å². The topological polar surface area (TPSA) is 121 Å². The van der Waals surface area contributed by atoms with Crippen LogP contribution in [-0.4, -0.2) is 31.7 Å². The Kier molecular flexibility index (Phi) is 5.29. The lowest BCUT2D eigenvalue weighted by Crippen LogP contribution is -2.37. The van der Waals surface area contributed by atoms with Crippen molar-refractivity contribution in [3.05, 3.63) is 106 Å². The highest BCUT2D eigenvalue weighted by molar-refractivity contribution is 6.12. The first-order valence-electron chi connectivity index (χ1n) is 10.6. The molecule has 0 saturated heterocycles. The number of Topliss-reactive ketones (excluding diaryl/α,β-unsaturated/α-hetero) is 1. The van der Waals surface area contributed by atoms with Gasteiger partial charge in [0, 0.05) is 28.1 Å². The first kappa shape index (κ1) is 21.3. The molecule has 34 heavy (non-hydrogen) atoms. The van der Waals surface area contributed by atoms with Gasteiger partial charge in [-0.1, -0.05) is 30.3 Å². The molecule has 2 aromatic heterocycles. The molecule has 9 heteroatoms. The predicted molar refractivity (Wildman–Crippen MR) is 121 cm³/mol. The van der Waals surface area contributed by atoms with Crippen LogP contribution in [0.4, 0.5) is 4.39 Å². The minimum atomic E-state index is -0.954. The van der Waals surface area contributed by atoms with Gasteiger partial charge in [0.2, 0.25) is 0 Å². The molecule has 2 heterocycles. The summed E-state index contributed by atoms with van der Waals surface area (Å²) in [6.45, 7) is 0. The number of rotatable bonds is 4. The number of hydrogen-bond donors (Lipinski definition) is 1. The van der Waals surface area contributed by atoms with E-state index in [0.717, 1.165) is 0 Å². The quantitative estimate of drug-likeness (QED) is 0.505. The maximum Gasteiger partial charge on any atom is 0.268 e. The van der Waals surface area contributed by atoms with Crippen LogP contribution in [0.5, 0.6) is 0 Å². The van der Waals surface area contributed by atoms with Crippen molar-refractivity contribution in [3.63, 3.8) is 0 Å². The number of pyridine rings is 1. The second-order valence-corrected chi connectivity index (χ2v) is 7.95. The molecule has 8 nitrogen and oxygen atoms in total. The highest BCUT2D eigenvalue weighted by atomic mass is 19.1. The zero-order valence-electron chi connectivity index (χ0n) is 17.8. The smallest absolute Gasteiger partial charge is 0.268 e. The van der Waals surface area contributed by atoms with Crippen LogP contribution >= 0.6 is 0 Å². The second-order valence-electron chi connectivity index (χ2n) is 7.95. The summed E-state index contributed by atoms with van der Waals surface area (Å²) < 4.78 is 14.9. The van der Waals surface area contributed by atoms with Crippen molar-refractivity contribution in [2.75, 3.05) is 0 Å². The number of nitrogens with two attached hydrogens (primary N) is 1. The van der Waals surface area contributed by atoms with Gasteiger partial charge in [-0.05, 0) is 47.9 Å². The molecule has 5 rings (SSSR count). The standard InChI is InChI=1S/C25H18FN5O3/c26-16-6-8-17(9-7-16)31-19-11-10-18(15-12-28-30-29-13-15)23(32)21(19)20(14-4-2-1-3-5-14)22(24(27)33)25(31)34/h1-9,12-13,18H,10-11H2,(H2,27,33). The van der Waals surface area contributed by atoms with Crippen LogP contribution in [0.25, 0.3) is 16.8 Å². The van der Waals surface area contributed by atoms with Gasteiger partial charge in [-0.15, -0.1) is 10.2 Å². The summed E-state index contributed by atoms with van der Waals surface area (Å²) in [5, 5.41) is 11.1. The zero-order valence-corrected chi connectivity index (χ0v) is 17.8. The van der Waals surface area contributed by atoms with Crippen molar-refractivity contribution in [2.24, 2.45) is 5.73 Å². The first-order chi connectivity index (χ1) is 16.5. The number of halogens is 1. The Morgan fingerprint density at radius 3 is 2.29 bits per heavy atom. The fraction of sp³-hybridized carbons (Fsp3) is 0.120. The Morgan fingerprint density at radius 2 is 1.65 bits per heavy atom. The molecular formula is C25H18FN5O3. The SMILES string of the molecule is NC(=O)c1c(-c2ccccc2)c2c(n(-c3ccc(F)cc3)c1=O)CCC(c1cnnnc1)C2=O. The zero-order chi connectivity index (χ0) is 23.8. The molecule has 168 valence electrons. The molecule has 0 fully saturated rings. The van der Waals surface area contributed by atoms with Gasteiger partial charge < -0.3 is 5.73 Å². The lowest BCUT2D eigenvalue weighted by Gasteiger charge is -2.29. The number of nitrogens with zero attached hydrogens (tertiary/aromatic N) is 4. The summed E-state index contributed by atoms with van der Waals surface area (Å²) in [6.07, 6.45) is 3.70. The summed E-state index contributed by atoms with van der Waals surface area (Å²) >= 11 is 0. The molecule has 0 spiro atoms. The fourth-order valence-corrected chi connectivity index (χ4v) is 4.54. The van der Waals surface area contributed by atoms with E-state index in [4.69, 9.17) is 5.73 Å². The largest absolute Gasteiger partial charge is 0.365 e. The van der Waals surface area contributed by atoms with Gasteiger partial charge >= 0.3 is 0 Å². The Balaban J connectivity index is 1.87. The van der Waals surface area contributed by atoms with Crippen LogP contribution in [0.3, 0.4) is 0 Å². The summed E-state index contributed by atoms with van der Waals surface area (Å²) in [4.78, 5) is 40.2. The number of carbonyl (C=O) groups is 2. The van der Waals surface area contributed by atoms with Crippen LogP contribution in [0, 0.1) is 5.82 Å². The normalized spacial score (nSPS) is 15.1. The average Bonchev–Trinajstić information content (AvgIpc) is 2.85. The number of ketones is 1. The van der Waals surface area contributed by atoms with Crippen molar-refractivity contribution in [3.8, 4) is 16.8 Å². The summed E-state index contributed by atoms with van der Waals surface area (Å²) in [6, 6.07) is 14.0. The number of aromatic nitrogens is 4. The third-order valence-electron chi connectivity index (χ3n) is 6.02. The molecule has 1 aliphatic rings. The number of carbonyl (C=O) groups excluding carboxylic acids is 2. The molecule has 2 aromatic carbocycles. The van der Waals surface area contributed by atoms with Gasteiger partial charge in [-0.3, -0.25) is 19.0 Å². The van der Waals surface area contributed by atoms with E-state index in [9.17, 15) is 18.8 Å². The summed E-state index contributed by atoms with van der Waals surface area (Å²) in [5.41, 5.74) is 7.07. The summed E-state index contributed by atoms with van der Waals surface area (Å²) in [7, 11) is 0. The molecule has 1 unspecified atom stereocenters. The molecule has 0 bridgehead atoms. The number of primary amides is 1. The maximum absolute atomic E-state index is 13.9. The van der Waals surface area contributed by atoms with Crippen LogP contribution in [0.15, 0.2) is 71.8 Å². The van der Waals surface area contributed by atoms with Crippen molar-refractivity contribution < 1.29 is 14.0 Å². The Morgan fingerprint density at radius 1 is 0.971 bits per heavy atom. The van der Waals surface area contributed by atoms with Gasteiger partial charge in [0.1, 0.15) is 11.4 Å². The minimum absolute atomic E-state index is 0.205. The van der Waals surface area contributed by atoms with Crippen molar-refractivity contribution in [2.45, 2.75) is 18.8 Å². The second kappa shape index (κ2) is 8.43. The highest BCUT2D eigenvalue weighted by Gasteiger charge is 2.37. The molecule has 2 N–H and O–H groups in total. The van der Waals surface area contributed by atoms with Gasteiger partial charge in [-0.2, -0.15) is 0 Å². The molecule has 1 atom stereocenters. The van der Waals surface area contributed by atoms with E-state index in [0.29, 0.717) is 35.3 Å². The summed E-state index contributed by atoms with van der Waals surface area (Å²) in [5.74, 6) is -2.30. The van der Waals surface area contributed by atoms with E-state index in [-0.39, 0.29) is 22.5 Å². The van der Waals surface area contributed by atoms with Gasteiger partial charge in [0.15, 0.2) is 5.78 Å². The minimum Gasteiger partial charge on any atom is -0.365 e. The molecule has 1 aliphatic carbocycles. The van der Waals surface area contributed by atoms with Gasteiger partial charge in [0.05, 0.1) is 18.3 Å². The highest BCUT2D eigenvalue weighted by Crippen LogP contribution is 2.39. The van der Waals surface area contributed by atoms with E-state index in [2.05, 4.69) is 15.4 Å². The molecule has 4 aromatic rings. The third-order valence-corrected chi connectivity index (χ3v) is 6.02. The third kappa shape index (κ3) is 3.47. The molecule has 1 amide bonds. The lowest BCUT2D eigenvalue weighted by atomic mass is 9.77. The molecule has 0 saturated carbocycles. The average molecular weight is 455 g/mol. The Bertz CT molecular complexity index is 1470. The van der Waals surface area contributed by atoms with Crippen LogP contribution in [0.1, 0.15) is 44.3 Å². The molecular weight excluding hydrogens is 437 g/mol. The Labute approximate surface area is 192 Å². The van der Waals surface area contributed by atoms with E-state index in [1.807, 2.05) is 0 Å². The predicted octanol–water partition coefficient (Wildman–Crippen LogP) is 2.84. The molecule has 0 radical (unpaired) electrons. The number of fused-ring (bicyclic) bond motifs is 1. The van der Waals surface area contributed by atoms with Crippen LogP contribution in [-0.2, 0) is 6.42 Å². The number of amides is 1.